The lowest BCUT2D eigenvalue weighted by atomic mass is 10.1. The Morgan fingerprint density at radius 1 is 1.30 bits per heavy atom. The third-order valence-corrected chi connectivity index (χ3v) is 3.86. The molecule has 1 rings (SSSR count). The Balaban J connectivity index is 2.36. The van der Waals surface area contributed by atoms with Crippen molar-refractivity contribution in [2.75, 3.05) is 30.9 Å². The van der Waals surface area contributed by atoms with Gasteiger partial charge in [-0.3, -0.25) is 4.21 Å². The van der Waals surface area contributed by atoms with Crippen LogP contribution >= 0.6 is 0 Å². The number of carbonyl (C=O) groups is 1. The molecule has 0 saturated carbocycles. The Labute approximate surface area is 123 Å². The third-order valence-electron chi connectivity index (χ3n) is 3.00. The maximum Gasteiger partial charge on any atom is 0.319 e. The van der Waals surface area contributed by atoms with Crippen LogP contribution in [0.5, 0.6) is 0 Å². The van der Waals surface area contributed by atoms with E-state index in [0.29, 0.717) is 12.3 Å². The van der Waals surface area contributed by atoms with E-state index in [9.17, 15) is 9.00 Å². The Morgan fingerprint density at radius 2 is 1.95 bits per heavy atom. The van der Waals surface area contributed by atoms with Crippen molar-refractivity contribution in [3.05, 3.63) is 29.8 Å². The van der Waals surface area contributed by atoms with Gasteiger partial charge in [0.2, 0.25) is 0 Å². The summed E-state index contributed by atoms with van der Waals surface area (Å²) in [6, 6.07) is 7.77. The standard InChI is InChI=1S/C14H23N3O2S/c1-11(15-2)12-5-7-13(8-6-12)17-14(18)16-9-4-10-20(3)19/h5-8,11,15H,4,9-10H2,1-3H3,(H2,16,17,18). The first-order valence-electron chi connectivity index (χ1n) is 6.65. The van der Waals surface area contributed by atoms with Crippen LogP contribution in [0.4, 0.5) is 10.5 Å². The first kappa shape index (κ1) is 16.7. The fraction of sp³-hybridized carbons (Fsp3) is 0.500. The summed E-state index contributed by atoms with van der Waals surface area (Å²) in [6.45, 7) is 2.60. The number of carbonyl (C=O) groups excluding carboxylic acids is 1. The summed E-state index contributed by atoms with van der Waals surface area (Å²) in [5, 5.41) is 8.67. The molecule has 0 aliphatic carbocycles. The van der Waals surface area contributed by atoms with E-state index in [1.165, 1.54) is 5.56 Å². The average molecular weight is 297 g/mol. The second kappa shape index (κ2) is 8.71. The molecule has 0 heterocycles. The maximum atomic E-state index is 11.6. The lowest BCUT2D eigenvalue weighted by Gasteiger charge is -2.12. The van der Waals surface area contributed by atoms with Crippen molar-refractivity contribution in [1.82, 2.24) is 10.6 Å². The molecule has 1 aromatic carbocycles. The van der Waals surface area contributed by atoms with Gasteiger partial charge in [0.25, 0.3) is 0 Å². The molecule has 0 spiro atoms. The first-order chi connectivity index (χ1) is 9.52. The third kappa shape index (κ3) is 6.16. The van der Waals surface area contributed by atoms with Crippen molar-refractivity contribution in [2.45, 2.75) is 19.4 Å². The molecule has 0 fully saturated rings. The molecule has 1 aromatic rings. The molecule has 112 valence electrons. The van der Waals surface area contributed by atoms with Crippen LogP contribution in [0.25, 0.3) is 0 Å². The summed E-state index contributed by atoms with van der Waals surface area (Å²) in [4.78, 5) is 11.6. The van der Waals surface area contributed by atoms with Crippen molar-refractivity contribution in [1.29, 1.82) is 0 Å². The van der Waals surface area contributed by atoms with E-state index in [4.69, 9.17) is 0 Å². The fourth-order valence-electron chi connectivity index (χ4n) is 1.67. The van der Waals surface area contributed by atoms with Gasteiger partial charge in [-0.1, -0.05) is 12.1 Å². The molecule has 0 aliphatic heterocycles. The summed E-state index contributed by atoms with van der Waals surface area (Å²) in [7, 11) is 1.11. The van der Waals surface area contributed by atoms with Crippen LogP contribution in [0.2, 0.25) is 0 Å². The van der Waals surface area contributed by atoms with E-state index in [1.54, 1.807) is 6.26 Å². The van der Waals surface area contributed by atoms with Gasteiger partial charge in [0.15, 0.2) is 0 Å². The van der Waals surface area contributed by atoms with Gasteiger partial charge in [0.05, 0.1) is 0 Å². The number of anilines is 1. The van der Waals surface area contributed by atoms with Gasteiger partial charge in [0.1, 0.15) is 0 Å². The topological polar surface area (TPSA) is 70.2 Å². The van der Waals surface area contributed by atoms with Gasteiger partial charge in [-0.25, -0.2) is 4.79 Å². The van der Waals surface area contributed by atoms with Crippen LogP contribution in [-0.4, -0.2) is 35.8 Å². The highest BCUT2D eigenvalue weighted by atomic mass is 32.2. The first-order valence-corrected chi connectivity index (χ1v) is 8.37. The largest absolute Gasteiger partial charge is 0.338 e. The van der Waals surface area contributed by atoms with Crippen LogP contribution < -0.4 is 16.0 Å². The minimum absolute atomic E-state index is 0.235. The number of amides is 2. The smallest absolute Gasteiger partial charge is 0.319 e. The van der Waals surface area contributed by atoms with Crippen molar-refractivity contribution >= 4 is 22.5 Å². The average Bonchev–Trinajstić information content (AvgIpc) is 2.43. The van der Waals surface area contributed by atoms with Crippen LogP contribution in [0, 0.1) is 0 Å². The molecule has 2 atom stereocenters. The molecule has 0 aromatic heterocycles. The summed E-state index contributed by atoms with van der Waals surface area (Å²) in [5.74, 6) is 0.608. The zero-order chi connectivity index (χ0) is 15.0. The van der Waals surface area contributed by atoms with Gasteiger partial charge in [-0.15, -0.1) is 0 Å². The van der Waals surface area contributed by atoms with Crippen LogP contribution in [0.1, 0.15) is 24.9 Å². The molecule has 6 heteroatoms. The number of hydrogen-bond donors (Lipinski definition) is 3. The fourth-order valence-corrected chi connectivity index (χ4v) is 2.23. The number of nitrogens with one attached hydrogen (secondary N) is 3. The lowest BCUT2D eigenvalue weighted by Crippen LogP contribution is -2.30. The summed E-state index contributed by atoms with van der Waals surface area (Å²) >= 11 is 0. The van der Waals surface area contributed by atoms with E-state index in [1.807, 2.05) is 31.3 Å². The molecule has 20 heavy (non-hydrogen) atoms. The Kier molecular flexibility index (Phi) is 7.25. The molecular weight excluding hydrogens is 274 g/mol. The van der Waals surface area contributed by atoms with Gasteiger partial charge in [-0.05, 0) is 38.1 Å². The molecule has 3 N–H and O–H groups in total. The minimum atomic E-state index is -0.804. The molecule has 2 amide bonds. The predicted molar refractivity (Wildman–Crippen MR) is 84.5 cm³/mol. The zero-order valence-electron chi connectivity index (χ0n) is 12.2. The van der Waals surface area contributed by atoms with E-state index >= 15 is 0 Å². The quantitative estimate of drug-likeness (QED) is 0.673. The molecular formula is C14H23N3O2S. The number of urea groups is 1. The van der Waals surface area contributed by atoms with E-state index in [-0.39, 0.29) is 12.1 Å². The van der Waals surface area contributed by atoms with E-state index < -0.39 is 10.8 Å². The van der Waals surface area contributed by atoms with Crippen LogP contribution in [0.15, 0.2) is 24.3 Å². The van der Waals surface area contributed by atoms with Gasteiger partial charge >= 0.3 is 6.03 Å². The van der Waals surface area contributed by atoms with Crippen molar-refractivity contribution in [3.63, 3.8) is 0 Å². The van der Waals surface area contributed by atoms with E-state index in [0.717, 1.165) is 12.1 Å². The highest BCUT2D eigenvalue weighted by Gasteiger charge is 2.04. The Bertz CT molecular complexity index is 448. The maximum absolute atomic E-state index is 11.6. The number of rotatable bonds is 7. The summed E-state index contributed by atoms with van der Waals surface area (Å²) in [6.07, 6.45) is 2.38. The summed E-state index contributed by atoms with van der Waals surface area (Å²) in [5.41, 5.74) is 1.93. The van der Waals surface area contributed by atoms with Crippen molar-refractivity contribution < 1.29 is 9.00 Å². The van der Waals surface area contributed by atoms with Gasteiger partial charge in [0, 0.05) is 41.1 Å². The second-order valence-corrected chi connectivity index (χ2v) is 6.20. The molecule has 0 radical (unpaired) electrons. The normalized spacial score (nSPS) is 13.6. The van der Waals surface area contributed by atoms with Gasteiger partial charge in [-0.2, -0.15) is 0 Å². The van der Waals surface area contributed by atoms with Crippen LogP contribution in [0.3, 0.4) is 0 Å². The predicted octanol–water partition coefficient (Wildman–Crippen LogP) is 1.86. The second-order valence-electron chi connectivity index (χ2n) is 4.64. The molecule has 0 saturated heterocycles. The highest BCUT2D eigenvalue weighted by molar-refractivity contribution is 7.84. The number of benzene rings is 1. The van der Waals surface area contributed by atoms with E-state index in [2.05, 4.69) is 22.9 Å². The Morgan fingerprint density at radius 3 is 2.50 bits per heavy atom. The SMILES string of the molecule is CNC(C)c1ccc(NC(=O)NCCCS(C)=O)cc1. The molecule has 5 nitrogen and oxygen atoms in total. The molecule has 0 aliphatic rings. The van der Waals surface area contributed by atoms with Crippen molar-refractivity contribution in [3.8, 4) is 0 Å². The summed E-state index contributed by atoms with van der Waals surface area (Å²) < 4.78 is 10.9. The van der Waals surface area contributed by atoms with Crippen molar-refractivity contribution in [2.24, 2.45) is 0 Å². The molecule has 0 bridgehead atoms. The van der Waals surface area contributed by atoms with Gasteiger partial charge < -0.3 is 16.0 Å². The highest BCUT2D eigenvalue weighted by Crippen LogP contribution is 2.15. The van der Waals surface area contributed by atoms with Crippen LogP contribution in [-0.2, 0) is 10.8 Å². The Hall–Kier alpha value is -1.40. The molecule has 2 unspecified atom stereocenters. The number of hydrogen-bond acceptors (Lipinski definition) is 3. The monoisotopic (exact) mass is 297 g/mol. The zero-order valence-corrected chi connectivity index (χ0v) is 13.0. The lowest BCUT2D eigenvalue weighted by molar-refractivity contribution is 0.252. The minimum Gasteiger partial charge on any atom is -0.338 e.